The highest BCUT2D eigenvalue weighted by Gasteiger charge is 2.08. The standard InChI is InChI=1S/C18H14N4O2S/c23-22(24)17-11-5-4-9-15(17)10-6-12-19-21-13-16(20-18(21)25)14-7-2-1-3-8-14/h1-13H,(H,20,25)/b10-6+,19-12+. The molecule has 0 aliphatic heterocycles. The van der Waals surface area contributed by atoms with Crippen LogP contribution in [0.4, 0.5) is 5.69 Å². The third kappa shape index (κ3) is 3.96. The van der Waals surface area contributed by atoms with Gasteiger partial charge in [0.15, 0.2) is 4.77 Å². The largest absolute Gasteiger partial charge is 0.329 e. The van der Waals surface area contributed by atoms with Crippen molar-refractivity contribution in [1.82, 2.24) is 9.66 Å². The molecule has 0 aliphatic carbocycles. The molecule has 0 aliphatic rings. The van der Waals surface area contributed by atoms with E-state index in [4.69, 9.17) is 12.2 Å². The smallest absolute Gasteiger partial charge is 0.276 e. The Kier molecular flexibility index (Phi) is 4.96. The predicted molar refractivity (Wildman–Crippen MR) is 101 cm³/mol. The number of benzene rings is 2. The lowest BCUT2D eigenvalue weighted by Gasteiger charge is -1.95. The molecule has 3 aromatic rings. The average Bonchev–Trinajstić information content (AvgIpc) is 3.00. The van der Waals surface area contributed by atoms with E-state index in [1.165, 1.54) is 12.3 Å². The minimum absolute atomic E-state index is 0.0526. The molecule has 0 fully saturated rings. The summed E-state index contributed by atoms with van der Waals surface area (Å²) in [4.78, 5) is 13.7. The van der Waals surface area contributed by atoms with Crippen LogP contribution in [0.1, 0.15) is 5.56 Å². The molecule has 2 aromatic carbocycles. The van der Waals surface area contributed by atoms with Crippen molar-refractivity contribution >= 4 is 30.2 Å². The number of aromatic amines is 1. The Labute approximate surface area is 148 Å². The molecule has 1 heterocycles. The summed E-state index contributed by atoms with van der Waals surface area (Å²) in [5.74, 6) is 0. The SMILES string of the molecule is O=[N+]([O-])c1ccccc1/C=C/C=N/n1cc(-c2ccccc2)[nH]c1=S. The summed E-state index contributed by atoms with van der Waals surface area (Å²) >= 11 is 5.25. The first kappa shape index (κ1) is 16.5. The maximum Gasteiger partial charge on any atom is 0.276 e. The van der Waals surface area contributed by atoms with Crippen molar-refractivity contribution in [2.24, 2.45) is 5.10 Å². The minimum atomic E-state index is -0.412. The quantitative estimate of drug-likeness (QED) is 0.314. The molecule has 0 radical (unpaired) electrons. The number of nitrogens with zero attached hydrogens (tertiary/aromatic N) is 3. The van der Waals surface area contributed by atoms with E-state index < -0.39 is 4.92 Å². The number of imidazole rings is 1. The summed E-state index contributed by atoms with van der Waals surface area (Å²) < 4.78 is 2.01. The molecule has 0 amide bonds. The second-order valence-corrected chi connectivity index (χ2v) is 5.51. The fourth-order valence-electron chi connectivity index (χ4n) is 2.29. The normalized spacial score (nSPS) is 11.4. The number of H-pyrrole nitrogens is 1. The van der Waals surface area contributed by atoms with E-state index in [-0.39, 0.29) is 5.69 Å². The maximum absolute atomic E-state index is 11.0. The Morgan fingerprint density at radius 1 is 1.12 bits per heavy atom. The topological polar surface area (TPSA) is 76.2 Å². The van der Waals surface area contributed by atoms with Crippen LogP contribution < -0.4 is 0 Å². The van der Waals surface area contributed by atoms with Gasteiger partial charge in [-0.2, -0.15) is 5.10 Å². The second-order valence-electron chi connectivity index (χ2n) is 5.12. The van der Waals surface area contributed by atoms with Crippen molar-refractivity contribution in [3.05, 3.63) is 87.3 Å². The first-order chi connectivity index (χ1) is 12.1. The Balaban J connectivity index is 1.79. The van der Waals surface area contributed by atoms with Crippen molar-refractivity contribution in [3.8, 4) is 11.3 Å². The highest BCUT2D eigenvalue weighted by molar-refractivity contribution is 7.71. The van der Waals surface area contributed by atoms with Gasteiger partial charge in [-0.15, -0.1) is 0 Å². The van der Waals surface area contributed by atoms with E-state index >= 15 is 0 Å². The monoisotopic (exact) mass is 350 g/mol. The molecule has 0 spiro atoms. The van der Waals surface area contributed by atoms with Gasteiger partial charge in [-0.1, -0.05) is 42.5 Å². The molecule has 0 saturated carbocycles. The van der Waals surface area contributed by atoms with Crippen LogP contribution >= 0.6 is 12.2 Å². The molecule has 0 bridgehead atoms. The van der Waals surface area contributed by atoms with Gasteiger partial charge in [0.05, 0.1) is 22.4 Å². The van der Waals surface area contributed by atoms with Crippen LogP contribution in [0.2, 0.25) is 0 Å². The number of rotatable bonds is 5. The molecule has 1 N–H and O–H groups in total. The Bertz CT molecular complexity index is 1000. The summed E-state index contributed by atoms with van der Waals surface area (Å²) in [6, 6.07) is 16.3. The number of nitrogens with one attached hydrogen (secondary N) is 1. The third-order valence-corrected chi connectivity index (χ3v) is 3.76. The number of para-hydroxylation sites is 1. The Morgan fingerprint density at radius 3 is 2.60 bits per heavy atom. The summed E-state index contributed by atoms with van der Waals surface area (Å²) in [7, 11) is 0. The summed E-state index contributed by atoms with van der Waals surface area (Å²) in [5.41, 5.74) is 2.45. The molecule has 0 atom stereocenters. The van der Waals surface area contributed by atoms with Crippen LogP contribution in [0.5, 0.6) is 0 Å². The highest BCUT2D eigenvalue weighted by Crippen LogP contribution is 2.19. The highest BCUT2D eigenvalue weighted by atomic mass is 32.1. The van der Waals surface area contributed by atoms with Gasteiger partial charge >= 0.3 is 0 Å². The number of allylic oxidation sites excluding steroid dienone is 1. The van der Waals surface area contributed by atoms with Crippen molar-refractivity contribution < 1.29 is 4.92 Å². The van der Waals surface area contributed by atoms with Crippen molar-refractivity contribution in [2.45, 2.75) is 0 Å². The zero-order valence-electron chi connectivity index (χ0n) is 13.1. The molecule has 7 heteroatoms. The fraction of sp³-hybridized carbons (Fsp3) is 0. The zero-order chi connectivity index (χ0) is 17.6. The lowest BCUT2D eigenvalue weighted by atomic mass is 10.2. The molecule has 6 nitrogen and oxygen atoms in total. The number of hydrogen-bond donors (Lipinski definition) is 1. The molecule has 25 heavy (non-hydrogen) atoms. The van der Waals surface area contributed by atoms with E-state index in [2.05, 4.69) is 10.1 Å². The van der Waals surface area contributed by atoms with Crippen LogP contribution in [-0.2, 0) is 0 Å². The Hall–Kier alpha value is -3.32. The Morgan fingerprint density at radius 2 is 1.84 bits per heavy atom. The average molecular weight is 350 g/mol. The van der Waals surface area contributed by atoms with Gasteiger partial charge in [-0.25, -0.2) is 4.68 Å². The van der Waals surface area contributed by atoms with Crippen LogP contribution in [0.15, 0.2) is 72.0 Å². The van der Waals surface area contributed by atoms with Crippen LogP contribution in [0.25, 0.3) is 17.3 Å². The number of nitro benzene ring substituents is 1. The van der Waals surface area contributed by atoms with Crippen LogP contribution in [0, 0.1) is 14.9 Å². The van der Waals surface area contributed by atoms with Gasteiger partial charge in [0, 0.05) is 12.3 Å². The molecule has 3 rings (SSSR count). The first-order valence-corrected chi connectivity index (χ1v) is 7.87. The van der Waals surface area contributed by atoms with E-state index in [9.17, 15) is 10.1 Å². The van der Waals surface area contributed by atoms with Crippen LogP contribution in [0.3, 0.4) is 0 Å². The number of hydrogen-bond acceptors (Lipinski definition) is 4. The van der Waals surface area contributed by atoms with Gasteiger partial charge in [0.1, 0.15) is 0 Å². The summed E-state index contributed by atoms with van der Waals surface area (Å²) in [6.07, 6.45) is 6.61. The summed E-state index contributed by atoms with van der Waals surface area (Å²) in [5, 5.41) is 15.2. The molecular formula is C18H14N4O2S. The van der Waals surface area contributed by atoms with E-state index in [1.54, 1.807) is 41.2 Å². The first-order valence-electron chi connectivity index (χ1n) is 7.46. The predicted octanol–water partition coefficient (Wildman–Crippen LogP) is 4.67. The summed E-state index contributed by atoms with van der Waals surface area (Å²) in [6.45, 7) is 0. The van der Waals surface area contributed by atoms with Crippen molar-refractivity contribution in [2.75, 3.05) is 0 Å². The van der Waals surface area contributed by atoms with E-state index in [0.29, 0.717) is 10.3 Å². The molecular weight excluding hydrogens is 336 g/mol. The lowest BCUT2D eigenvalue weighted by molar-refractivity contribution is -0.385. The third-order valence-electron chi connectivity index (χ3n) is 3.47. The van der Waals surface area contributed by atoms with Crippen molar-refractivity contribution in [1.29, 1.82) is 0 Å². The number of aromatic nitrogens is 2. The lowest BCUT2D eigenvalue weighted by Crippen LogP contribution is -1.90. The van der Waals surface area contributed by atoms with Gasteiger partial charge < -0.3 is 4.98 Å². The molecule has 1 aromatic heterocycles. The molecule has 124 valence electrons. The van der Waals surface area contributed by atoms with Crippen molar-refractivity contribution in [3.63, 3.8) is 0 Å². The molecule has 0 saturated heterocycles. The second kappa shape index (κ2) is 7.50. The zero-order valence-corrected chi connectivity index (χ0v) is 13.9. The van der Waals surface area contributed by atoms with Gasteiger partial charge in [-0.05, 0) is 36.0 Å². The van der Waals surface area contributed by atoms with Crippen LogP contribution in [-0.4, -0.2) is 20.8 Å². The van der Waals surface area contributed by atoms with Gasteiger partial charge in [-0.3, -0.25) is 10.1 Å². The van der Waals surface area contributed by atoms with Gasteiger partial charge in [0.2, 0.25) is 0 Å². The van der Waals surface area contributed by atoms with E-state index in [1.807, 2.05) is 30.3 Å². The number of nitro groups is 1. The van der Waals surface area contributed by atoms with Gasteiger partial charge in [0.25, 0.3) is 5.69 Å². The minimum Gasteiger partial charge on any atom is -0.329 e. The molecule has 0 unspecified atom stereocenters. The maximum atomic E-state index is 11.0. The fourth-order valence-corrected chi connectivity index (χ4v) is 2.50. The van der Waals surface area contributed by atoms with E-state index in [0.717, 1.165) is 11.3 Å².